The van der Waals surface area contributed by atoms with Gasteiger partial charge < -0.3 is 19.9 Å². The first-order chi connectivity index (χ1) is 13.6. The first kappa shape index (κ1) is 18.5. The number of nitrogens with one attached hydrogen (secondary N) is 1. The summed E-state index contributed by atoms with van der Waals surface area (Å²) in [5.74, 6) is -0.676. The number of fused-ring (bicyclic) bond motifs is 3. The smallest absolute Gasteiger partial charge is 0.408 e. The Bertz CT molecular complexity index is 866. The van der Waals surface area contributed by atoms with Crippen molar-refractivity contribution >= 4 is 12.1 Å². The van der Waals surface area contributed by atoms with Crippen molar-refractivity contribution in [1.82, 2.24) is 5.32 Å². The summed E-state index contributed by atoms with van der Waals surface area (Å²) in [6.45, 7) is 0.136. The zero-order valence-corrected chi connectivity index (χ0v) is 15.7. The highest BCUT2D eigenvalue weighted by atomic mass is 16.6. The summed E-state index contributed by atoms with van der Waals surface area (Å²) in [4.78, 5) is 24.6. The molecular formula is C22H23NO5. The van der Waals surface area contributed by atoms with Crippen LogP contribution in [0.4, 0.5) is 4.79 Å². The van der Waals surface area contributed by atoms with Crippen LogP contribution in [0.15, 0.2) is 48.5 Å². The van der Waals surface area contributed by atoms with Crippen LogP contribution in [0.2, 0.25) is 0 Å². The highest BCUT2D eigenvalue weighted by Gasteiger charge is 2.62. The first-order valence-electron chi connectivity index (χ1n) is 9.43. The predicted molar refractivity (Wildman–Crippen MR) is 103 cm³/mol. The molecule has 2 aliphatic rings. The number of carbonyl (C=O) groups excluding carboxylic acids is 2. The van der Waals surface area contributed by atoms with E-state index in [9.17, 15) is 9.59 Å². The third-order valence-electron chi connectivity index (χ3n) is 5.80. The lowest BCUT2D eigenvalue weighted by atomic mass is 9.98. The van der Waals surface area contributed by atoms with Crippen molar-refractivity contribution in [3.63, 3.8) is 0 Å². The summed E-state index contributed by atoms with van der Waals surface area (Å²) in [5.41, 5.74) is 3.49. The van der Waals surface area contributed by atoms with Crippen molar-refractivity contribution in [2.75, 3.05) is 20.3 Å². The second kappa shape index (κ2) is 7.28. The van der Waals surface area contributed by atoms with Gasteiger partial charge in [0.05, 0.1) is 7.11 Å². The first-order valence-corrected chi connectivity index (χ1v) is 9.43. The Morgan fingerprint density at radius 3 is 2.29 bits per heavy atom. The van der Waals surface area contributed by atoms with E-state index in [-0.39, 0.29) is 25.0 Å². The van der Waals surface area contributed by atoms with Gasteiger partial charge in [-0.05, 0) is 41.0 Å². The minimum Gasteiger partial charge on any atom is -0.467 e. The molecule has 0 aromatic heterocycles. The molecule has 2 aliphatic carbocycles. The Labute approximate surface area is 163 Å². The maximum absolute atomic E-state index is 12.4. The minimum absolute atomic E-state index is 0.0420. The molecule has 6 nitrogen and oxygen atoms in total. The van der Waals surface area contributed by atoms with E-state index in [2.05, 4.69) is 29.6 Å². The molecule has 0 unspecified atom stereocenters. The summed E-state index contributed by atoms with van der Waals surface area (Å²) in [7, 11) is 1.29. The number of methoxy groups -OCH3 is 1. The highest BCUT2D eigenvalue weighted by Crippen LogP contribution is 2.47. The number of esters is 1. The maximum Gasteiger partial charge on any atom is 0.408 e. The van der Waals surface area contributed by atoms with E-state index in [4.69, 9.17) is 14.6 Å². The molecule has 6 heteroatoms. The highest BCUT2D eigenvalue weighted by molar-refractivity contribution is 5.89. The standard InChI is InChI=1S/C22H23NO5/c1-27-20(25)22(12-14(22)10-11-24)23-21(26)28-13-19-17-8-4-2-6-15(17)16-7-3-5-9-18(16)19/h2-9,14,19,24H,10-13H2,1H3,(H,23,26)/t14-,22-/m1/s1. The van der Waals surface area contributed by atoms with Crippen molar-refractivity contribution in [3.8, 4) is 11.1 Å². The van der Waals surface area contributed by atoms with Gasteiger partial charge in [-0.1, -0.05) is 48.5 Å². The molecule has 2 N–H and O–H groups in total. The zero-order chi connectivity index (χ0) is 19.7. The number of hydrogen-bond acceptors (Lipinski definition) is 5. The van der Waals surface area contributed by atoms with Crippen molar-refractivity contribution < 1.29 is 24.2 Å². The summed E-state index contributed by atoms with van der Waals surface area (Å²) in [5, 5.41) is 11.8. The molecule has 2 atom stereocenters. The average molecular weight is 381 g/mol. The van der Waals surface area contributed by atoms with Gasteiger partial charge >= 0.3 is 12.1 Å². The number of benzene rings is 2. The summed E-state index contributed by atoms with van der Waals surface area (Å²) < 4.78 is 10.4. The number of amides is 1. The van der Waals surface area contributed by atoms with Crippen LogP contribution in [0.5, 0.6) is 0 Å². The van der Waals surface area contributed by atoms with Crippen molar-refractivity contribution in [2.45, 2.75) is 24.3 Å². The lowest BCUT2D eigenvalue weighted by molar-refractivity contribution is -0.144. The van der Waals surface area contributed by atoms with Crippen LogP contribution in [0.1, 0.15) is 29.9 Å². The Morgan fingerprint density at radius 1 is 1.11 bits per heavy atom. The fourth-order valence-electron chi connectivity index (χ4n) is 4.29. The summed E-state index contributed by atoms with van der Waals surface area (Å²) >= 11 is 0. The fourth-order valence-corrected chi connectivity index (χ4v) is 4.29. The van der Waals surface area contributed by atoms with Crippen molar-refractivity contribution in [1.29, 1.82) is 0 Å². The van der Waals surface area contributed by atoms with Crippen LogP contribution in [-0.4, -0.2) is 43.0 Å². The van der Waals surface area contributed by atoms with E-state index in [0.717, 1.165) is 22.3 Å². The SMILES string of the molecule is COC(=O)[C@@]1(NC(=O)OCC2c3ccccc3-c3ccccc32)C[C@H]1CCO. The minimum atomic E-state index is -1.08. The van der Waals surface area contributed by atoms with Crippen LogP contribution < -0.4 is 5.32 Å². The normalized spacial score (nSPS) is 22.1. The van der Waals surface area contributed by atoms with Gasteiger partial charge in [0.2, 0.25) is 0 Å². The van der Waals surface area contributed by atoms with E-state index in [1.54, 1.807) is 0 Å². The number of ether oxygens (including phenoxy) is 2. The van der Waals surface area contributed by atoms with Gasteiger partial charge in [0.25, 0.3) is 0 Å². The number of aliphatic hydroxyl groups excluding tert-OH is 1. The lowest BCUT2D eigenvalue weighted by Crippen LogP contribution is -2.46. The molecule has 2 aromatic carbocycles. The van der Waals surface area contributed by atoms with Gasteiger partial charge in [0, 0.05) is 12.5 Å². The molecule has 1 amide bonds. The Hall–Kier alpha value is -2.86. The van der Waals surface area contributed by atoms with Crippen LogP contribution in [0.25, 0.3) is 11.1 Å². The third kappa shape index (κ3) is 3.03. The van der Waals surface area contributed by atoms with Gasteiger partial charge in [-0.2, -0.15) is 0 Å². The van der Waals surface area contributed by atoms with E-state index in [1.165, 1.54) is 7.11 Å². The number of alkyl carbamates (subject to hydrolysis) is 1. The van der Waals surface area contributed by atoms with Gasteiger partial charge in [-0.15, -0.1) is 0 Å². The third-order valence-corrected chi connectivity index (χ3v) is 5.80. The Kier molecular flexibility index (Phi) is 4.81. The van der Waals surface area contributed by atoms with Gasteiger partial charge in [0.15, 0.2) is 0 Å². The number of aliphatic hydroxyl groups is 1. The molecule has 0 aliphatic heterocycles. The fraction of sp³-hybridized carbons (Fsp3) is 0.364. The summed E-state index contributed by atoms with van der Waals surface area (Å²) in [6, 6.07) is 16.2. The molecule has 1 saturated carbocycles. The van der Waals surface area contributed by atoms with Crippen LogP contribution >= 0.6 is 0 Å². The molecule has 0 radical (unpaired) electrons. The average Bonchev–Trinajstić information content (AvgIpc) is 3.31. The van der Waals surface area contributed by atoms with Crippen LogP contribution in [-0.2, 0) is 14.3 Å². The van der Waals surface area contributed by atoms with E-state index in [1.807, 2.05) is 24.3 Å². The summed E-state index contributed by atoms with van der Waals surface area (Å²) in [6.07, 6.45) is 0.233. The second-order valence-corrected chi connectivity index (χ2v) is 7.33. The van der Waals surface area contributed by atoms with E-state index >= 15 is 0 Å². The van der Waals surface area contributed by atoms with Gasteiger partial charge in [-0.25, -0.2) is 9.59 Å². The van der Waals surface area contributed by atoms with Gasteiger partial charge in [0.1, 0.15) is 12.1 Å². The van der Waals surface area contributed by atoms with Gasteiger partial charge in [-0.3, -0.25) is 0 Å². The van der Waals surface area contributed by atoms with Crippen molar-refractivity contribution in [3.05, 3.63) is 59.7 Å². The Balaban J connectivity index is 1.46. The Morgan fingerprint density at radius 2 is 1.71 bits per heavy atom. The second-order valence-electron chi connectivity index (χ2n) is 7.33. The van der Waals surface area contributed by atoms with Crippen molar-refractivity contribution in [2.24, 2.45) is 5.92 Å². The predicted octanol–water partition coefficient (Wildman–Crippen LogP) is 2.84. The molecule has 2 aromatic rings. The molecule has 146 valence electrons. The topological polar surface area (TPSA) is 84.9 Å². The monoisotopic (exact) mass is 381 g/mol. The zero-order valence-electron chi connectivity index (χ0n) is 15.7. The van der Waals surface area contributed by atoms with E-state index in [0.29, 0.717) is 12.8 Å². The molecule has 0 spiro atoms. The largest absolute Gasteiger partial charge is 0.467 e. The molecule has 28 heavy (non-hydrogen) atoms. The van der Waals surface area contributed by atoms with E-state index < -0.39 is 17.6 Å². The number of carbonyl (C=O) groups is 2. The number of hydrogen-bond donors (Lipinski definition) is 2. The molecule has 0 heterocycles. The van der Waals surface area contributed by atoms with Crippen LogP contribution in [0.3, 0.4) is 0 Å². The molecular weight excluding hydrogens is 358 g/mol. The number of rotatable bonds is 6. The molecule has 1 fully saturated rings. The lowest BCUT2D eigenvalue weighted by Gasteiger charge is -2.19. The van der Waals surface area contributed by atoms with Crippen LogP contribution in [0, 0.1) is 5.92 Å². The molecule has 0 bridgehead atoms. The molecule has 4 rings (SSSR count). The quantitative estimate of drug-likeness (QED) is 0.752. The molecule has 0 saturated heterocycles. The maximum atomic E-state index is 12.4.